The first-order valence-corrected chi connectivity index (χ1v) is 10.3. The highest BCUT2D eigenvalue weighted by atomic mass is 15.5. The van der Waals surface area contributed by atoms with E-state index >= 15 is 0 Å². The number of aromatic nitrogens is 6. The fourth-order valence-electron chi connectivity index (χ4n) is 4.30. The van der Waals surface area contributed by atoms with Crippen LogP contribution in [0.1, 0.15) is 42.0 Å². The van der Waals surface area contributed by atoms with Gasteiger partial charge in [-0.3, -0.25) is 0 Å². The molecule has 0 spiro atoms. The molecule has 2 heterocycles. The van der Waals surface area contributed by atoms with E-state index in [4.69, 9.17) is 4.98 Å². The highest BCUT2D eigenvalue weighted by Crippen LogP contribution is 2.30. The van der Waals surface area contributed by atoms with Gasteiger partial charge in [-0.25, -0.2) is 4.98 Å². The monoisotopic (exact) mass is 384 g/mol. The number of nitrogens with one attached hydrogen (secondary N) is 1. The number of benzene rings is 2. The van der Waals surface area contributed by atoms with Gasteiger partial charge in [0.2, 0.25) is 5.82 Å². The zero-order valence-electron chi connectivity index (χ0n) is 16.6. The summed E-state index contributed by atoms with van der Waals surface area (Å²) in [6.07, 6.45) is 6.10. The molecule has 1 N–H and O–H groups in total. The third-order valence-corrected chi connectivity index (χ3v) is 5.79. The van der Waals surface area contributed by atoms with Gasteiger partial charge in [-0.15, -0.1) is 10.2 Å². The van der Waals surface area contributed by atoms with Crippen LogP contribution in [0.3, 0.4) is 0 Å². The van der Waals surface area contributed by atoms with E-state index in [0.29, 0.717) is 5.82 Å². The van der Waals surface area contributed by atoms with E-state index in [1.165, 1.54) is 36.2 Å². The van der Waals surface area contributed by atoms with Crippen molar-refractivity contribution < 1.29 is 0 Å². The zero-order valence-corrected chi connectivity index (χ0v) is 16.6. The van der Waals surface area contributed by atoms with E-state index in [9.17, 15) is 0 Å². The number of aryl methyl sites for hydroxylation is 2. The highest BCUT2D eigenvalue weighted by Gasteiger charge is 2.17. The van der Waals surface area contributed by atoms with Crippen LogP contribution < -0.4 is 0 Å². The molecule has 29 heavy (non-hydrogen) atoms. The first kappa shape index (κ1) is 17.8. The average Bonchev–Trinajstić information content (AvgIpc) is 3.32. The van der Waals surface area contributed by atoms with E-state index in [2.05, 4.69) is 62.4 Å². The van der Waals surface area contributed by atoms with Crippen LogP contribution in [0, 0.1) is 6.92 Å². The van der Waals surface area contributed by atoms with Crippen LogP contribution in [0.2, 0.25) is 0 Å². The topological polar surface area (TPSA) is 72.3 Å². The fourth-order valence-corrected chi connectivity index (χ4v) is 4.30. The predicted octanol–water partition coefficient (Wildman–Crippen LogP) is 4.36. The molecule has 2 aromatic carbocycles. The largest absolute Gasteiger partial charge is 0.328 e. The van der Waals surface area contributed by atoms with Crippen molar-refractivity contribution in [2.75, 3.05) is 0 Å². The number of hydrogen-bond donors (Lipinski definition) is 1. The Morgan fingerprint density at radius 1 is 0.931 bits per heavy atom. The Balaban J connectivity index is 1.44. The number of aromatic amines is 1. The van der Waals surface area contributed by atoms with Crippen LogP contribution in [0.15, 0.2) is 48.5 Å². The van der Waals surface area contributed by atoms with Crippen molar-refractivity contribution in [2.45, 2.75) is 45.6 Å². The number of tetrazole rings is 1. The van der Waals surface area contributed by atoms with E-state index in [1.54, 1.807) is 0 Å². The highest BCUT2D eigenvalue weighted by molar-refractivity contribution is 5.80. The molecule has 2 aromatic heterocycles. The van der Waals surface area contributed by atoms with Crippen molar-refractivity contribution in [1.29, 1.82) is 0 Å². The molecule has 6 heteroatoms. The molecule has 0 atom stereocenters. The molecule has 0 amide bonds. The van der Waals surface area contributed by atoms with Crippen molar-refractivity contribution >= 4 is 0 Å². The van der Waals surface area contributed by atoms with Gasteiger partial charge in [0.05, 0.1) is 5.69 Å². The smallest absolute Gasteiger partial charge is 0.205 e. The molecule has 0 bridgehead atoms. The maximum atomic E-state index is 4.85. The van der Waals surface area contributed by atoms with Crippen LogP contribution in [-0.4, -0.2) is 30.2 Å². The van der Waals surface area contributed by atoms with E-state index in [1.807, 2.05) is 18.2 Å². The molecule has 1 aliphatic carbocycles. The standard InChI is InChI=1S/C23H24N6/c1-16-24-21-9-3-2-4-10-22(21)29(16)15-17-11-13-18(14-12-17)19-7-5-6-8-20(19)23-25-27-28-26-23/h5-8,11-14H,2-4,9-10,15H2,1H3,(H,25,26,27,28). The number of rotatable bonds is 4. The van der Waals surface area contributed by atoms with E-state index in [0.717, 1.165) is 41.9 Å². The lowest BCUT2D eigenvalue weighted by atomic mass is 9.98. The minimum absolute atomic E-state index is 0.612. The normalized spacial score (nSPS) is 13.8. The lowest BCUT2D eigenvalue weighted by Crippen LogP contribution is -2.07. The molecule has 0 aliphatic heterocycles. The molecule has 1 aliphatic rings. The molecule has 0 saturated heterocycles. The van der Waals surface area contributed by atoms with Crippen LogP contribution in [0.4, 0.5) is 0 Å². The van der Waals surface area contributed by atoms with Gasteiger partial charge in [-0.1, -0.05) is 55.0 Å². The lowest BCUT2D eigenvalue weighted by Gasteiger charge is -2.12. The van der Waals surface area contributed by atoms with Crippen LogP contribution in [-0.2, 0) is 19.4 Å². The summed E-state index contributed by atoms with van der Waals surface area (Å²) in [5.74, 6) is 1.74. The fraction of sp³-hybridized carbons (Fsp3) is 0.304. The van der Waals surface area contributed by atoms with Crippen molar-refractivity contribution in [2.24, 2.45) is 0 Å². The Kier molecular flexibility index (Phi) is 4.68. The summed E-state index contributed by atoms with van der Waals surface area (Å²) >= 11 is 0. The zero-order chi connectivity index (χ0) is 19.6. The quantitative estimate of drug-likeness (QED) is 0.531. The minimum atomic E-state index is 0.612. The Morgan fingerprint density at radius 3 is 2.52 bits per heavy atom. The Hall–Kier alpha value is -3.28. The van der Waals surface area contributed by atoms with Gasteiger partial charge in [0, 0.05) is 17.8 Å². The Labute approximate surface area is 170 Å². The molecule has 146 valence electrons. The summed E-state index contributed by atoms with van der Waals surface area (Å²) in [7, 11) is 0. The Bertz CT molecular complexity index is 1110. The molecule has 5 rings (SSSR count). The van der Waals surface area contributed by atoms with Crippen molar-refractivity contribution in [3.8, 4) is 22.5 Å². The predicted molar refractivity (Wildman–Crippen MR) is 112 cm³/mol. The molecule has 0 fully saturated rings. The summed E-state index contributed by atoms with van der Waals surface area (Å²) in [4.78, 5) is 4.85. The minimum Gasteiger partial charge on any atom is -0.328 e. The van der Waals surface area contributed by atoms with Crippen molar-refractivity contribution in [3.05, 3.63) is 71.3 Å². The number of hydrogen-bond acceptors (Lipinski definition) is 4. The summed E-state index contributed by atoms with van der Waals surface area (Å²) in [5, 5.41) is 14.5. The third-order valence-electron chi connectivity index (χ3n) is 5.79. The second-order valence-electron chi connectivity index (χ2n) is 7.68. The summed E-state index contributed by atoms with van der Waals surface area (Å²) in [5.41, 5.74) is 7.27. The number of imidazole rings is 1. The second-order valence-corrected chi connectivity index (χ2v) is 7.68. The average molecular weight is 384 g/mol. The third kappa shape index (κ3) is 3.46. The SMILES string of the molecule is Cc1nc2c(n1Cc1ccc(-c3ccccc3-c3nn[nH]n3)cc1)CCCCC2. The molecule has 4 aromatic rings. The molecule has 6 nitrogen and oxygen atoms in total. The molecule has 0 saturated carbocycles. The summed E-state index contributed by atoms with van der Waals surface area (Å²) in [6, 6.07) is 16.9. The van der Waals surface area contributed by atoms with Gasteiger partial charge in [-0.05, 0) is 54.5 Å². The lowest BCUT2D eigenvalue weighted by molar-refractivity contribution is 0.663. The van der Waals surface area contributed by atoms with Gasteiger partial charge < -0.3 is 4.57 Å². The van der Waals surface area contributed by atoms with Crippen LogP contribution in [0.5, 0.6) is 0 Å². The van der Waals surface area contributed by atoms with Gasteiger partial charge in [-0.2, -0.15) is 5.21 Å². The maximum absolute atomic E-state index is 4.85. The second kappa shape index (κ2) is 7.62. The molecule has 0 unspecified atom stereocenters. The van der Waals surface area contributed by atoms with Gasteiger partial charge in [0.15, 0.2) is 0 Å². The molecular weight excluding hydrogens is 360 g/mol. The first-order valence-electron chi connectivity index (χ1n) is 10.3. The van der Waals surface area contributed by atoms with Crippen molar-refractivity contribution in [3.63, 3.8) is 0 Å². The first-order chi connectivity index (χ1) is 14.3. The summed E-state index contributed by atoms with van der Waals surface area (Å²) < 4.78 is 2.41. The van der Waals surface area contributed by atoms with Gasteiger partial charge in [0.1, 0.15) is 5.82 Å². The summed E-state index contributed by atoms with van der Waals surface area (Å²) in [6.45, 7) is 3.01. The van der Waals surface area contributed by atoms with Crippen LogP contribution >= 0.6 is 0 Å². The van der Waals surface area contributed by atoms with E-state index < -0.39 is 0 Å². The number of H-pyrrole nitrogens is 1. The van der Waals surface area contributed by atoms with Crippen LogP contribution in [0.25, 0.3) is 22.5 Å². The number of fused-ring (bicyclic) bond motifs is 1. The Morgan fingerprint density at radius 2 is 1.72 bits per heavy atom. The molecular formula is C23H24N6. The van der Waals surface area contributed by atoms with Crippen molar-refractivity contribution in [1.82, 2.24) is 30.2 Å². The molecule has 0 radical (unpaired) electrons. The number of nitrogens with zero attached hydrogens (tertiary/aromatic N) is 5. The van der Waals surface area contributed by atoms with Gasteiger partial charge in [0.25, 0.3) is 0 Å². The van der Waals surface area contributed by atoms with Gasteiger partial charge >= 0.3 is 0 Å². The van der Waals surface area contributed by atoms with E-state index in [-0.39, 0.29) is 0 Å². The maximum Gasteiger partial charge on any atom is 0.205 e.